The maximum atomic E-state index is 12.5. The number of anilines is 1. The van der Waals surface area contributed by atoms with E-state index in [4.69, 9.17) is 0 Å². The quantitative estimate of drug-likeness (QED) is 0.536. The van der Waals surface area contributed by atoms with E-state index in [0.29, 0.717) is 11.1 Å². The number of amides is 1. The molecule has 5 N–H and O–H groups in total. The van der Waals surface area contributed by atoms with Crippen LogP contribution in [0.4, 0.5) is 5.69 Å². The first-order valence-electron chi connectivity index (χ1n) is 8.02. The molecule has 1 aliphatic rings. The average molecular weight is 354 g/mol. The van der Waals surface area contributed by atoms with Crippen molar-refractivity contribution < 1.29 is 24.9 Å². The minimum absolute atomic E-state index is 0.154. The SMILES string of the molecule is O=C1NC(C(=O)O)Cc2ccccc2N/C=C\1Cc1ccc(O)c(O)c1. The number of carbonyl (C=O) groups excluding carboxylic acids is 1. The fourth-order valence-electron chi connectivity index (χ4n) is 2.77. The van der Waals surface area contributed by atoms with Crippen LogP contribution < -0.4 is 10.6 Å². The molecule has 1 unspecified atom stereocenters. The topological polar surface area (TPSA) is 119 Å². The van der Waals surface area contributed by atoms with Gasteiger partial charge in [-0.1, -0.05) is 24.3 Å². The van der Waals surface area contributed by atoms with Crippen LogP contribution in [-0.2, 0) is 22.4 Å². The molecule has 2 aromatic rings. The first-order valence-corrected chi connectivity index (χ1v) is 8.02. The van der Waals surface area contributed by atoms with E-state index in [1.807, 2.05) is 18.2 Å². The number of carbonyl (C=O) groups is 2. The molecule has 0 aromatic heterocycles. The molecule has 0 spiro atoms. The van der Waals surface area contributed by atoms with E-state index in [1.165, 1.54) is 18.3 Å². The molecule has 1 heterocycles. The Hall–Kier alpha value is -3.48. The van der Waals surface area contributed by atoms with Crippen molar-refractivity contribution >= 4 is 17.6 Å². The van der Waals surface area contributed by atoms with Crippen LogP contribution in [0.1, 0.15) is 11.1 Å². The number of phenols is 2. The number of benzene rings is 2. The summed E-state index contributed by atoms with van der Waals surface area (Å²) in [6.07, 6.45) is 1.84. The van der Waals surface area contributed by atoms with Gasteiger partial charge in [0.25, 0.3) is 0 Å². The summed E-state index contributed by atoms with van der Waals surface area (Å²) in [5, 5.41) is 34.0. The Balaban J connectivity index is 1.94. The van der Waals surface area contributed by atoms with Crippen LogP contribution in [-0.4, -0.2) is 33.2 Å². The van der Waals surface area contributed by atoms with Gasteiger partial charge in [-0.25, -0.2) is 4.79 Å². The number of carboxylic acid groups (broad SMARTS) is 1. The van der Waals surface area contributed by atoms with Crippen LogP contribution >= 0.6 is 0 Å². The molecular weight excluding hydrogens is 336 g/mol. The smallest absolute Gasteiger partial charge is 0.326 e. The summed E-state index contributed by atoms with van der Waals surface area (Å²) >= 11 is 0. The van der Waals surface area contributed by atoms with Crippen molar-refractivity contribution in [3.63, 3.8) is 0 Å². The molecule has 0 saturated carbocycles. The standard InChI is InChI=1S/C19H18N2O5/c22-16-6-5-11(8-17(16)23)7-13-10-20-14-4-2-1-3-12(14)9-15(19(25)26)21-18(13)24/h1-6,8,10,15,20,22-23H,7,9H2,(H,21,24)(H,25,26)/b13-10-. The highest BCUT2D eigenvalue weighted by atomic mass is 16.4. The van der Waals surface area contributed by atoms with Crippen molar-refractivity contribution in [3.8, 4) is 11.5 Å². The van der Waals surface area contributed by atoms with Crippen LogP contribution in [0.3, 0.4) is 0 Å². The molecule has 26 heavy (non-hydrogen) atoms. The Morgan fingerprint density at radius 2 is 1.88 bits per heavy atom. The summed E-state index contributed by atoms with van der Waals surface area (Å²) in [5.41, 5.74) is 2.40. The van der Waals surface area contributed by atoms with E-state index < -0.39 is 17.9 Å². The average Bonchev–Trinajstić information content (AvgIpc) is 2.67. The fraction of sp³-hybridized carbons (Fsp3) is 0.158. The number of rotatable bonds is 3. The van der Waals surface area contributed by atoms with Crippen LogP contribution in [0.15, 0.2) is 54.2 Å². The van der Waals surface area contributed by atoms with E-state index in [2.05, 4.69) is 10.6 Å². The van der Waals surface area contributed by atoms with E-state index in [-0.39, 0.29) is 24.3 Å². The third-order valence-corrected chi connectivity index (χ3v) is 4.17. The van der Waals surface area contributed by atoms with Crippen LogP contribution in [0.2, 0.25) is 0 Å². The highest BCUT2D eigenvalue weighted by Gasteiger charge is 2.24. The van der Waals surface area contributed by atoms with Crippen LogP contribution in [0.5, 0.6) is 11.5 Å². The van der Waals surface area contributed by atoms with Gasteiger partial charge in [0.2, 0.25) is 5.91 Å². The summed E-state index contributed by atoms with van der Waals surface area (Å²) in [6.45, 7) is 0. The first kappa shape index (κ1) is 17.3. The third kappa shape index (κ3) is 3.77. The molecule has 0 saturated heterocycles. The third-order valence-electron chi connectivity index (χ3n) is 4.17. The van der Waals surface area contributed by atoms with E-state index in [1.54, 1.807) is 12.1 Å². The number of nitrogens with one attached hydrogen (secondary N) is 2. The number of aliphatic carboxylic acids is 1. The monoisotopic (exact) mass is 354 g/mol. The fourth-order valence-corrected chi connectivity index (χ4v) is 2.77. The minimum Gasteiger partial charge on any atom is -0.504 e. The van der Waals surface area contributed by atoms with Gasteiger partial charge in [0.15, 0.2) is 11.5 Å². The summed E-state index contributed by atoms with van der Waals surface area (Å²) in [7, 11) is 0. The minimum atomic E-state index is -1.11. The molecule has 1 aliphatic heterocycles. The molecule has 0 radical (unpaired) electrons. The molecule has 0 bridgehead atoms. The summed E-state index contributed by atoms with van der Waals surface area (Å²) < 4.78 is 0. The lowest BCUT2D eigenvalue weighted by atomic mass is 10.0. The van der Waals surface area contributed by atoms with Gasteiger partial charge in [-0.15, -0.1) is 0 Å². The molecular formula is C19H18N2O5. The molecule has 3 rings (SSSR count). The van der Waals surface area contributed by atoms with E-state index in [0.717, 1.165) is 11.3 Å². The number of para-hydroxylation sites is 1. The highest BCUT2D eigenvalue weighted by Crippen LogP contribution is 2.26. The van der Waals surface area contributed by atoms with Crippen LogP contribution in [0.25, 0.3) is 0 Å². The van der Waals surface area contributed by atoms with E-state index in [9.17, 15) is 24.9 Å². The number of fused-ring (bicyclic) bond motifs is 1. The van der Waals surface area contributed by atoms with Crippen molar-refractivity contribution in [1.29, 1.82) is 0 Å². The molecule has 134 valence electrons. The van der Waals surface area contributed by atoms with Gasteiger partial charge in [-0.3, -0.25) is 4.79 Å². The molecule has 1 atom stereocenters. The number of hydrogen-bond donors (Lipinski definition) is 5. The maximum Gasteiger partial charge on any atom is 0.326 e. The first-order chi connectivity index (χ1) is 12.4. The van der Waals surface area contributed by atoms with Crippen molar-refractivity contribution in [1.82, 2.24) is 5.32 Å². The number of hydrogen-bond acceptors (Lipinski definition) is 5. The van der Waals surface area contributed by atoms with Gasteiger partial charge in [0.05, 0.1) is 0 Å². The summed E-state index contributed by atoms with van der Waals surface area (Å²) in [6, 6.07) is 10.5. The second-order valence-electron chi connectivity index (χ2n) is 6.04. The molecule has 1 amide bonds. The second-order valence-corrected chi connectivity index (χ2v) is 6.04. The Morgan fingerprint density at radius 1 is 1.12 bits per heavy atom. The lowest BCUT2D eigenvalue weighted by molar-refractivity contribution is -0.141. The summed E-state index contributed by atoms with van der Waals surface area (Å²) in [4.78, 5) is 24.1. The lowest BCUT2D eigenvalue weighted by Crippen LogP contribution is -2.43. The molecule has 0 fully saturated rings. The van der Waals surface area contributed by atoms with Crippen molar-refractivity contribution in [2.24, 2.45) is 0 Å². The number of phenolic OH excluding ortho intramolecular Hbond substituents is 2. The maximum absolute atomic E-state index is 12.5. The number of carboxylic acids is 1. The Morgan fingerprint density at radius 3 is 2.62 bits per heavy atom. The molecule has 2 aromatic carbocycles. The molecule has 7 nitrogen and oxygen atoms in total. The van der Waals surface area contributed by atoms with E-state index >= 15 is 0 Å². The second kappa shape index (κ2) is 7.18. The molecule has 0 aliphatic carbocycles. The lowest BCUT2D eigenvalue weighted by Gasteiger charge is -2.15. The zero-order valence-corrected chi connectivity index (χ0v) is 13.8. The van der Waals surface area contributed by atoms with Crippen molar-refractivity contribution in [2.75, 3.05) is 5.32 Å². The predicted octanol–water partition coefficient (Wildman–Crippen LogP) is 1.76. The van der Waals surface area contributed by atoms with Gasteiger partial charge in [-0.05, 0) is 29.3 Å². The predicted molar refractivity (Wildman–Crippen MR) is 94.9 cm³/mol. The van der Waals surface area contributed by atoms with Gasteiger partial charge in [-0.2, -0.15) is 0 Å². The Kier molecular flexibility index (Phi) is 4.79. The zero-order chi connectivity index (χ0) is 18.7. The normalized spacial score (nSPS) is 18.8. The number of aromatic hydroxyl groups is 2. The van der Waals surface area contributed by atoms with Crippen LogP contribution in [0, 0.1) is 0 Å². The zero-order valence-electron chi connectivity index (χ0n) is 13.8. The van der Waals surface area contributed by atoms with Gasteiger partial charge in [0, 0.05) is 30.3 Å². The highest BCUT2D eigenvalue weighted by molar-refractivity contribution is 5.97. The Bertz CT molecular complexity index is 891. The van der Waals surface area contributed by atoms with Gasteiger partial charge in [0.1, 0.15) is 6.04 Å². The van der Waals surface area contributed by atoms with Crippen molar-refractivity contribution in [2.45, 2.75) is 18.9 Å². The molecule has 7 heteroatoms. The van der Waals surface area contributed by atoms with Gasteiger partial charge >= 0.3 is 5.97 Å². The Labute approximate surface area is 149 Å². The van der Waals surface area contributed by atoms with Gasteiger partial charge < -0.3 is 26.0 Å². The summed E-state index contributed by atoms with van der Waals surface area (Å²) in [5.74, 6) is -2.16. The largest absolute Gasteiger partial charge is 0.504 e. The van der Waals surface area contributed by atoms with Crippen molar-refractivity contribution in [3.05, 3.63) is 65.4 Å².